The number of carboxylic acid groups (broad SMARTS) is 1. The number of benzene rings is 3. The first-order valence-electron chi connectivity index (χ1n) is 11.7. The van der Waals surface area contributed by atoms with E-state index in [0.29, 0.717) is 17.7 Å². The van der Waals surface area contributed by atoms with Gasteiger partial charge in [0.1, 0.15) is 5.60 Å². The van der Waals surface area contributed by atoms with Crippen molar-refractivity contribution in [2.45, 2.75) is 53.7 Å². The summed E-state index contributed by atoms with van der Waals surface area (Å²) < 4.78 is 7.86. The SMILES string of the molecule is Cc1ccc(-c2ccc(Cn3c(C)c(C)c4cc(C(=O)O)ccc43)cc2)c(C(=O)OC(C)(C)C)c1. The fourth-order valence-corrected chi connectivity index (χ4v) is 4.37. The summed E-state index contributed by atoms with van der Waals surface area (Å²) in [5, 5.41) is 10.3. The summed E-state index contributed by atoms with van der Waals surface area (Å²) in [6, 6.07) is 19.3. The first-order valence-corrected chi connectivity index (χ1v) is 11.7. The minimum Gasteiger partial charge on any atom is -0.478 e. The Hall–Kier alpha value is -3.86. The van der Waals surface area contributed by atoms with Gasteiger partial charge in [-0.3, -0.25) is 0 Å². The van der Waals surface area contributed by atoms with E-state index in [2.05, 4.69) is 23.6 Å². The Kier molecular flexibility index (Phi) is 6.28. The molecule has 0 aliphatic rings. The highest BCUT2D eigenvalue weighted by Gasteiger charge is 2.21. The number of nitrogens with zero attached hydrogens (tertiary/aromatic N) is 1. The number of aromatic nitrogens is 1. The van der Waals surface area contributed by atoms with Crippen LogP contribution in [-0.2, 0) is 11.3 Å². The van der Waals surface area contributed by atoms with Gasteiger partial charge in [-0.05, 0) is 88.1 Å². The van der Waals surface area contributed by atoms with E-state index < -0.39 is 11.6 Å². The number of carboxylic acids is 1. The van der Waals surface area contributed by atoms with Crippen molar-refractivity contribution in [3.63, 3.8) is 0 Å². The van der Waals surface area contributed by atoms with Crippen LogP contribution < -0.4 is 0 Å². The summed E-state index contributed by atoms with van der Waals surface area (Å²) >= 11 is 0. The van der Waals surface area contributed by atoms with E-state index in [4.69, 9.17) is 4.74 Å². The number of aryl methyl sites for hydroxylation is 2. The number of esters is 1. The van der Waals surface area contributed by atoms with E-state index in [9.17, 15) is 14.7 Å². The molecule has 3 aromatic carbocycles. The maximum absolute atomic E-state index is 12.9. The highest BCUT2D eigenvalue weighted by molar-refractivity contribution is 5.98. The van der Waals surface area contributed by atoms with Crippen molar-refractivity contribution in [3.05, 3.63) is 94.2 Å². The maximum Gasteiger partial charge on any atom is 0.339 e. The monoisotopic (exact) mass is 469 g/mol. The molecular weight excluding hydrogens is 438 g/mol. The molecule has 180 valence electrons. The van der Waals surface area contributed by atoms with Gasteiger partial charge in [0.2, 0.25) is 0 Å². The Balaban J connectivity index is 1.66. The number of rotatable bonds is 5. The Morgan fingerprint density at radius 1 is 0.914 bits per heavy atom. The molecule has 0 saturated carbocycles. The first-order chi connectivity index (χ1) is 16.4. The summed E-state index contributed by atoms with van der Waals surface area (Å²) in [4.78, 5) is 24.3. The average Bonchev–Trinajstić information content (AvgIpc) is 3.03. The molecule has 0 aliphatic carbocycles. The fourth-order valence-electron chi connectivity index (χ4n) is 4.37. The molecule has 0 bridgehead atoms. The molecule has 5 nitrogen and oxygen atoms in total. The number of aromatic carboxylic acids is 1. The minimum absolute atomic E-state index is 0.293. The van der Waals surface area contributed by atoms with Gasteiger partial charge in [0.05, 0.1) is 11.1 Å². The summed E-state index contributed by atoms with van der Waals surface area (Å²) in [7, 11) is 0. The molecule has 0 fully saturated rings. The van der Waals surface area contributed by atoms with Crippen LogP contribution in [0.25, 0.3) is 22.0 Å². The third-order valence-corrected chi connectivity index (χ3v) is 6.29. The maximum atomic E-state index is 12.9. The summed E-state index contributed by atoms with van der Waals surface area (Å²) in [5.41, 5.74) is 7.40. The van der Waals surface area contributed by atoms with Crippen molar-refractivity contribution < 1.29 is 19.4 Å². The van der Waals surface area contributed by atoms with Crippen LogP contribution in [0.1, 0.15) is 63.9 Å². The van der Waals surface area contributed by atoms with Crippen LogP contribution in [-0.4, -0.2) is 27.2 Å². The molecule has 4 rings (SSSR count). The average molecular weight is 470 g/mol. The van der Waals surface area contributed by atoms with Crippen molar-refractivity contribution in [2.24, 2.45) is 0 Å². The Morgan fingerprint density at radius 3 is 2.23 bits per heavy atom. The van der Waals surface area contributed by atoms with Crippen LogP contribution in [0.3, 0.4) is 0 Å². The molecular formula is C30H31NO4. The highest BCUT2D eigenvalue weighted by Crippen LogP contribution is 2.30. The van der Waals surface area contributed by atoms with Crippen molar-refractivity contribution >= 4 is 22.8 Å². The first kappa shape index (κ1) is 24.3. The van der Waals surface area contributed by atoms with Crippen LogP contribution in [0.15, 0.2) is 60.7 Å². The van der Waals surface area contributed by atoms with Gasteiger partial charge >= 0.3 is 11.9 Å². The van der Waals surface area contributed by atoms with Gasteiger partial charge in [-0.15, -0.1) is 0 Å². The number of hydrogen-bond donors (Lipinski definition) is 1. The third-order valence-electron chi connectivity index (χ3n) is 6.29. The van der Waals surface area contributed by atoms with E-state index >= 15 is 0 Å². The van der Waals surface area contributed by atoms with Crippen LogP contribution in [0.5, 0.6) is 0 Å². The van der Waals surface area contributed by atoms with Crippen LogP contribution >= 0.6 is 0 Å². The fraction of sp³-hybridized carbons (Fsp3) is 0.267. The second-order valence-corrected chi connectivity index (χ2v) is 10.1. The largest absolute Gasteiger partial charge is 0.478 e. The lowest BCUT2D eigenvalue weighted by atomic mass is 9.96. The standard InChI is InChI=1S/C30H31NO4/c1-18-7-13-24(26(15-18)29(34)35-30(4,5)6)22-10-8-21(9-11-22)17-31-20(3)19(2)25-16-23(28(32)33)12-14-27(25)31/h7-16H,17H2,1-6H3,(H,32,33). The van der Waals surface area contributed by atoms with Gasteiger partial charge in [-0.25, -0.2) is 9.59 Å². The Bertz CT molecular complexity index is 1440. The minimum atomic E-state index is -0.922. The lowest BCUT2D eigenvalue weighted by Gasteiger charge is -2.21. The number of carbonyl (C=O) groups excluding carboxylic acids is 1. The molecule has 4 aromatic rings. The number of fused-ring (bicyclic) bond motifs is 1. The van der Waals surface area contributed by atoms with Crippen LogP contribution in [0.4, 0.5) is 0 Å². The predicted octanol–water partition coefficient (Wildman–Crippen LogP) is 6.94. The van der Waals surface area contributed by atoms with Crippen molar-refractivity contribution in [1.29, 1.82) is 0 Å². The topological polar surface area (TPSA) is 68.5 Å². The number of ether oxygens (including phenoxy) is 1. The van der Waals surface area contributed by atoms with E-state index in [0.717, 1.165) is 44.4 Å². The van der Waals surface area contributed by atoms with E-state index in [-0.39, 0.29) is 5.97 Å². The highest BCUT2D eigenvalue weighted by atomic mass is 16.6. The van der Waals surface area contributed by atoms with Gasteiger partial charge in [0.25, 0.3) is 0 Å². The van der Waals surface area contributed by atoms with Gasteiger partial charge in [-0.1, -0.05) is 42.0 Å². The molecule has 1 heterocycles. The lowest BCUT2D eigenvalue weighted by molar-refractivity contribution is 0.00701. The Morgan fingerprint density at radius 2 is 1.60 bits per heavy atom. The van der Waals surface area contributed by atoms with Gasteiger partial charge in [-0.2, -0.15) is 0 Å². The van der Waals surface area contributed by atoms with E-state index in [1.807, 2.05) is 71.0 Å². The molecule has 35 heavy (non-hydrogen) atoms. The molecule has 5 heteroatoms. The second-order valence-electron chi connectivity index (χ2n) is 10.1. The zero-order valence-corrected chi connectivity index (χ0v) is 21.1. The number of hydrogen-bond acceptors (Lipinski definition) is 3. The van der Waals surface area contributed by atoms with E-state index in [1.54, 1.807) is 12.1 Å². The van der Waals surface area contributed by atoms with Crippen molar-refractivity contribution in [3.8, 4) is 11.1 Å². The molecule has 0 aliphatic heterocycles. The normalized spacial score (nSPS) is 11.6. The van der Waals surface area contributed by atoms with Gasteiger partial charge in [0, 0.05) is 23.1 Å². The van der Waals surface area contributed by atoms with Crippen LogP contribution in [0.2, 0.25) is 0 Å². The molecule has 0 amide bonds. The third kappa shape index (κ3) is 4.99. The predicted molar refractivity (Wildman–Crippen MR) is 139 cm³/mol. The van der Waals surface area contributed by atoms with Crippen molar-refractivity contribution in [1.82, 2.24) is 4.57 Å². The van der Waals surface area contributed by atoms with Gasteiger partial charge in [0.15, 0.2) is 0 Å². The quantitative estimate of drug-likeness (QED) is 0.322. The summed E-state index contributed by atoms with van der Waals surface area (Å²) in [6.07, 6.45) is 0. The molecule has 0 saturated heterocycles. The number of carbonyl (C=O) groups is 2. The van der Waals surface area contributed by atoms with Crippen molar-refractivity contribution in [2.75, 3.05) is 0 Å². The molecule has 0 spiro atoms. The van der Waals surface area contributed by atoms with Crippen LogP contribution in [0, 0.1) is 20.8 Å². The molecule has 0 unspecified atom stereocenters. The molecule has 1 aromatic heterocycles. The molecule has 1 N–H and O–H groups in total. The molecule has 0 atom stereocenters. The molecule has 0 radical (unpaired) electrons. The summed E-state index contributed by atoms with van der Waals surface area (Å²) in [6.45, 7) is 12.3. The van der Waals surface area contributed by atoms with E-state index in [1.165, 1.54) is 0 Å². The second kappa shape index (κ2) is 9.06. The summed E-state index contributed by atoms with van der Waals surface area (Å²) in [5.74, 6) is -1.25. The zero-order chi connectivity index (χ0) is 25.5. The smallest absolute Gasteiger partial charge is 0.339 e. The Labute approximate surface area is 206 Å². The van der Waals surface area contributed by atoms with Gasteiger partial charge < -0.3 is 14.4 Å². The zero-order valence-electron chi connectivity index (χ0n) is 21.1. The lowest BCUT2D eigenvalue weighted by Crippen LogP contribution is -2.24.